The molecule has 7 heteroatoms. The third kappa shape index (κ3) is 5.79. The van der Waals surface area contributed by atoms with Crippen molar-refractivity contribution < 1.29 is 19.4 Å². The molecule has 0 bridgehead atoms. The highest BCUT2D eigenvalue weighted by Crippen LogP contribution is 2.17. The van der Waals surface area contributed by atoms with E-state index >= 15 is 0 Å². The van der Waals surface area contributed by atoms with Crippen LogP contribution in [0, 0.1) is 5.92 Å². The first-order valence-electron chi connectivity index (χ1n) is 8.67. The highest BCUT2D eigenvalue weighted by molar-refractivity contribution is 5.68. The lowest BCUT2D eigenvalue weighted by molar-refractivity contribution is -0.139. The van der Waals surface area contributed by atoms with Crippen molar-refractivity contribution in [3.63, 3.8) is 0 Å². The van der Waals surface area contributed by atoms with E-state index in [1.807, 2.05) is 30.3 Å². The molecule has 1 N–H and O–H groups in total. The second-order valence-electron chi connectivity index (χ2n) is 6.41. The van der Waals surface area contributed by atoms with Gasteiger partial charge in [-0.3, -0.25) is 4.90 Å². The van der Waals surface area contributed by atoms with Gasteiger partial charge in [0, 0.05) is 37.4 Å². The average molecular weight is 357 g/mol. The Morgan fingerprint density at radius 3 is 2.88 bits per heavy atom. The van der Waals surface area contributed by atoms with E-state index in [0.717, 1.165) is 50.5 Å². The third-order valence-corrected chi connectivity index (χ3v) is 4.25. The van der Waals surface area contributed by atoms with Gasteiger partial charge in [-0.25, -0.2) is 14.8 Å². The zero-order chi connectivity index (χ0) is 18.2. The first kappa shape index (κ1) is 18.3. The predicted molar refractivity (Wildman–Crippen MR) is 94.9 cm³/mol. The van der Waals surface area contributed by atoms with Crippen molar-refractivity contribution in [1.82, 2.24) is 14.9 Å². The molecular weight excluding hydrogens is 334 g/mol. The monoisotopic (exact) mass is 357 g/mol. The van der Waals surface area contributed by atoms with Gasteiger partial charge in [-0.2, -0.15) is 0 Å². The lowest BCUT2D eigenvalue weighted by Crippen LogP contribution is -2.30. The Labute approximate surface area is 152 Å². The van der Waals surface area contributed by atoms with Gasteiger partial charge in [0.15, 0.2) is 6.61 Å². The van der Waals surface area contributed by atoms with Gasteiger partial charge in [0.05, 0.1) is 13.2 Å². The molecule has 1 atom stereocenters. The van der Waals surface area contributed by atoms with E-state index in [1.54, 1.807) is 12.5 Å². The molecule has 0 unspecified atom stereocenters. The van der Waals surface area contributed by atoms with Crippen LogP contribution in [-0.2, 0) is 22.5 Å². The lowest BCUT2D eigenvalue weighted by atomic mass is 10.0. The van der Waals surface area contributed by atoms with E-state index in [2.05, 4.69) is 14.9 Å². The first-order chi connectivity index (χ1) is 12.7. The second kappa shape index (κ2) is 9.26. The fraction of sp³-hybridized carbons (Fsp3) is 0.421. The van der Waals surface area contributed by atoms with Gasteiger partial charge in [-0.05, 0) is 30.2 Å². The number of carboxylic acid groups (broad SMARTS) is 1. The molecule has 2 aromatic rings. The molecular formula is C19H23N3O4. The second-order valence-corrected chi connectivity index (χ2v) is 6.41. The van der Waals surface area contributed by atoms with Gasteiger partial charge in [-0.1, -0.05) is 12.1 Å². The summed E-state index contributed by atoms with van der Waals surface area (Å²) in [5, 5.41) is 8.65. The first-order valence-corrected chi connectivity index (χ1v) is 8.67. The molecule has 0 aliphatic carbocycles. The smallest absolute Gasteiger partial charge is 0.341 e. The summed E-state index contributed by atoms with van der Waals surface area (Å²) in [4.78, 5) is 21.2. The Hall–Kier alpha value is -2.51. The highest BCUT2D eigenvalue weighted by atomic mass is 16.5. The molecule has 1 aromatic heterocycles. The topological polar surface area (TPSA) is 84.8 Å². The fourth-order valence-electron chi connectivity index (χ4n) is 3.05. The normalized spacial score (nSPS) is 18.2. The Morgan fingerprint density at radius 1 is 1.31 bits per heavy atom. The summed E-state index contributed by atoms with van der Waals surface area (Å²) in [6, 6.07) is 9.52. The van der Waals surface area contributed by atoms with Crippen LogP contribution in [0.3, 0.4) is 0 Å². The van der Waals surface area contributed by atoms with E-state index in [1.165, 1.54) is 0 Å². The average Bonchev–Trinajstić information content (AvgIpc) is 2.87. The van der Waals surface area contributed by atoms with Gasteiger partial charge >= 0.3 is 5.97 Å². The zero-order valence-electron chi connectivity index (χ0n) is 14.6. The zero-order valence-corrected chi connectivity index (χ0v) is 14.6. The number of aromatic nitrogens is 2. The maximum atomic E-state index is 10.5. The molecule has 1 aliphatic heterocycles. The number of aliphatic carboxylic acids is 1. The van der Waals surface area contributed by atoms with Gasteiger partial charge in [0.25, 0.3) is 0 Å². The van der Waals surface area contributed by atoms with E-state index in [0.29, 0.717) is 11.7 Å². The number of nitrogens with zero attached hydrogens (tertiary/aromatic N) is 3. The number of hydrogen-bond donors (Lipinski definition) is 1. The van der Waals surface area contributed by atoms with Gasteiger partial charge in [-0.15, -0.1) is 0 Å². The summed E-state index contributed by atoms with van der Waals surface area (Å²) < 4.78 is 10.9. The van der Waals surface area contributed by atoms with Gasteiger partial charge in [0.2, 0.25) is 0 Å². The van der Waals surface area contributed by atoms with Gasteiger partial charge in [0.1, 0.15) is 12.1 Å². The Bertz CT molecular complexity index is 694. The number of ether oxygens (including phenoxy) is 2. The number of hydrogen-bond acceptors (Lipinski definition) is 6. The largest absolute Gasteiger partial charge is 0.482 e. The van der Waals surface area contributed by atoms with Crippen molar-refractivity contribution in [2.45, 2.75) is 13.0 Å². The van der Waals surface area contributed by atoms with Gasteiger partial charge < -0.3 is 14.6 Å². The minimum absolute atomic E-state index is 0.326. The summed E-state index contributed by atoms with van der Waals surface area (Å²) in [7, 11) is 0. The third-order valence-electron chi connectivity index (χ3n) is 4.25. The molecule has 0 saturated carbocycles. The predicted octanol–water partition coefficient (Wildman–Crippen LogP) is 1.63. The Kier molecular flexibility index (Phi) is 6.51. The SMILES string of the molecule is O=C(O)COc1ccc(CN2CCOC[C@@H](Cc3ccncn3)C2)cc1. The van der Waals surface area contributed by atoms with Crippen LogP contribution in [0.2, 0.25) is 0 Å². The fourth-order valence-corrected chi connectivity index (χ4v) is 3.05. The number of rotatable bonds is 7. The molecule has 1 fully saturated rings. The van der Waals surface area contributed by atoms with Crippen molar-refractivity contribution in [2.24, 2.45) is 5.92 Å². The van der Waals surface area contributed by atoms with E-state index in [9.17, 15) is 4.79 Å². The van der Waals surface area contributed by atoms with Crippen LogP contribution in [0.15, 0.2) is 42.9 Å². The molecule has 1 aliphatic rings. The van der Waals surface area contributed by atoms with Crippen LogP contribution in [0.5, 0.6) is 5.75 Å². The van der Waals surface area contributed by atoms with E-state index < -0.39 is 5.97 Å². The Balaban J connectivity index is 1.55. The summed E-state index contributed by atoms with van der Waals surface area (Å²) >= 11 is 0. The molecule has 0 radical (unpaired) electrons. The standard InChI is InChI=1S/C19H23N3O4/c23-19(24)13-26-18-3-1-15(2-4-18)10-22-7-8-25-12-16(11-22)9-17-5-6-20-14-21-17/h1-6,14,16H,7-13H2,(H,23,24)/t16-/m0/s1. The molecule has 2 heterocycles. The van der Waals surface area contributed by atoms with Crippen LogP contribution >= 0.6 is 0 Å². The number of carbonyl (C=O) groups is 1. The maximum Gasteiger partial charge on any atom is 0.341 e. The highest BCUT2D eigenvalue weighted by Gasteiger charge is 2.19. The van der Waals surface area contributed by atoms with Crippen LogP contribution in [-0.4, -0.2) is 58.9 Å². The van der Waals surface area contributed by atoms with Crippen molar-refractivity contribution in [3.05, 3.63) is 54.1 Å². The van der Waals surface area contributed by atoms with Crippen molar-refractivity contribution in [2.75, 3.05) is 32.9 Å². The molecule has 0 spiro atoms. The minimum atomic E-state index is -0.978. The molecule has 7 nitrogen and oxygen atoms in total. The molecule has 0 amide bonds. The van der Waals surface area contributed by atoms with Crippen molar-refractivity contribution in [3.8, 4) is 5.75 Å². The number of benzene rings is 1. The van der Waals surface area contributed by atoms with Crippen molar-refractivity contribution >= 4 is 5.97 Å². The molecule has 3 rings (SSSR count). The van der Waals surface area contributed by atoms with Crippen LogP contribution < -0.4 is 4.74 Å². The van der Waals surface area contributed by atoms with Crippen molar-refractivity contribution in [1.29, 1.82) is 0 Å². The van der Waals surface area contributed by atoms with E-state index in [-0.39, 0.29) is 6.61 Å². The summed E-state index contributed by atoms with van der Waals surface area (Å²) in [6.45, 7) is 3.79. The van der Waals surface area contributed by atoms with E-state index in [4.69, 9.17) is 14.6 Å². The summed E-state index contributed by atoms with van der Waals surface area (Å²) in [5.41, 5.74) is 2.20. The quantitative estimate of drug-likeness (QED) is 0.806. The lowest BCUT2D eigenvalue weighted by Gasteiger charge is -2.23. The summed E-state index contributed by atoms with van der Waals surface area (Å²) in [5.74, 6) is -0.0177. The van der Waals surface area contributed by atoms with Crippen LogP contribution in [0.1, 0.15) is 11.3 Å². The molecule has 1 saturated heterocycles. The van der Waals surface area contributed by atoms with Crippen LogP contribution in [0.4, 0.5) is 0 Å². The summed E-state index contributed by atoms with van der Waals surface area (Å²) in [6.07, 6.45) is 4.23. The molecule has 1 aromatic carbocycles. The number of carboxylic acids is 1. The maximum absolute atomic E-state index is 10.5. The molecule has 26 heavy (non-hydrogen) atoms. The molecule has 138 valence electrons. The minimum Gasteiger partial charge on any atom is -0.482 e. The Morgan fingerprint density at radius 2 is 2.15 bits per heavy atom. The van der Waals surface area contributed by atoms with Crippen LogP contribution in [0.25, 0.3) is 0 Å².